The second-order valence-corrected chi connectivity index (χ2v) is 10.9. The first kappa shape index (κ1) is 26.0. The Hall–Kier alpha value is -4.30. The number of hydrogen-bond donors (Lipinski definition) is 2. The first-order valence-electron chi connectivity index (χ1n) is 13.9. The van der Waals surface area contributed by atoms with Gasteiger partial charge in [-0.1, -0.05) is 42.5 Å². The lowest BCUT2D eigenvalue weighted by molar-refractivity contribution is -0.136. The summed E-state index contributed by atoms with van der Waals surface area (Å²) in [7, 11) is 0. The highest BCUT2D eigenvalue weighted by Crippen LogP contribution is 2.34. The van der Waals surface area contributed by atoms with E-state index in [0.717, 1.165) is 49.3 Å². The molecular formula is C32H32N4O4. The highest BCUT2D eigenvalue weighted by molar-refractivity contribution is 6.05. The predicted molar refractivity (Wildman–Crippen MR) is 151 cm³/mol. The van der Waals surface area contributed by atoms with Gasteiger partial charge in [-0.15, -0.1) is 0 Å². The molecule has 40 heavy (non-hydrogen) atoms. The SMILES string of the molecule is O=C1CCC(N2Cc3cc(C4CCN(Cc5cccc(C(=O)Nc6ccccc6)c5)CC4)ccc3C2=O)C(=O)N1. The third-order valence-corrected chi connectivity index (χ3v) is 8.23. The van der Waals surface area contributed by atoms with E-state index in [4.69, 9.17) is 0 Å². The third-order valence-electron chi connectivity index (χ3n) is 8.23. The fourth-order valence-corrected chi connectivity index (χ4v) is 6.07. The van der Waals surface area contributed by atoms with Gasteiger partial charge in [0.25, 0.3) is 11.8 Å². The Morgan fingerprint density at radius 2 is 1.70 bits per heavy atom. The Morgan fingerprint density at radius 1 is 0.900 bits per heavy atom. The monoisotopic (exact) mass is 536 g/mol. The van der Waals surface area contributed by atoms with Crippen LogP contribution in [0.5, 0.6) is 0 Å². The third kappa shape index (κ3) is 5.40. The number of para-hydroxylation sites is 1. The molecule has 2 N–H and O–H groups in total. The van der Waals surface area contributed by atoms with Crippen LogP contribution in [-0.4, -0.2) is 52.6 Å². The van der Waals surface area contributed by atoms with E-state index in [1.807, 2.05) is 54.6 Å². The van der Waals surface area contributed by atoms with Gasteiger partial charge in [-0.05, 0) is 85.3 Å². The van der Waals surface area contributed by atoms with Gasteiger partial charge in [0, 0.05) is 36.3 Å². The number of hydrogen-bond acceptors (Lipinski definition) is 5. The lowest BCUT2D eigenvalue weighted by Gasteiger charge is -2.32. The molecule has 4 amide bonds. The predicted octanol–water partition coefficient (Wildman–Crippen LogP) is 4.08. The lowest BCUT2D eigenvalue weighted by Crippen LogP contribution is -2.52. The maximum atomic E-state index is 13.0. The van der Waals surface area contributed by atoms with Gasteiger partial charge in [-0.2, -0.15) is 0 Å². The Kier molecular flexibility index (Phi) is 7.17. The molecule has 2 fully saturated rings. The molecule has 3 heterocycles. The van der Waals surface area contributed by atoms with Gasteiger partial charge in [-0.25, -0.2) is 0 Å². The van der Waals surface area contributed by atoms with Gasteiger partial charge in [0.1, 0.15) is 6.04 Å². The van der Waals surface area contributed by atoms with Crippen molar-refractivity contribution in [3.05, 3.63) is 101 Å². The van der Waals surface area contributed by atoms with E-state index in [9.17, 15) is 19.2 Å². The zero-order valence-corrected chi connectivity index (χ0v) is 22.3. The van der Waals surface area contributed by atoms with Crippen molar-refractivity contribution in [2.45, 2.75) is 50.7 Å². The molecule has 3 aliphatic rings. The smallest absolute Gasteiger partial charge is 0.255 e. The minimum atomic E-state index is -0.591. The van der Waals surface area contributed by atoms with E-state index >= 15 is 0 Å². The van der Waals surface area contributed by atoms with Crippen molar-refractivity contribution in [1.82, 2.24) is 15.1 Å². The summed E-state index contributed by atoms with van der Waals surface area (Å²) in [5.41, 5.74) is 5.39. The van der Waals surface area contributed by atoms with Crippen LogP contribution in [0.1, 0.15) is 69.0 Å². The number of nitrogens with zero attached hydrogens (tertiary/aromatic N) is 2. The number of benzene rings is 3. The van der Waals surface area contributed by atoms with E-state index in [2.05, 4.69) is 33.7 Å². The number of fused-ring (bicyclic) bond motifs is 1. The molecule has 1 unspecified atom stereocenters. The molecule has 0 bridgehead atoms. The van der Waals surface area contributed by atoms with Crippen molar-refractivity contribution in [2.24, 2.45) is 0 Å². The van der Waals surface area contributed by atoms with Gasteiger partial charge in [-0.3, -0.25) is 29.4 Å². The summed E-state index contributed by atoms with van der Waals surface area (Å²) in [6.07, 6.45) is 2.65. The number of piperidine rings is 2. The van der Waals surface area contributed by atoms with Gasteiger partial charge >= 0.3 is 0 Å². The maximum absolute atomic E-state index is 13.0. The van der Waals surface area contributed by atoms with Crippen molar-refractivity contribution >= 4 is 29.3 Å². The lowest BCUT2D eigenvalue weighted by atomic mass is 9.87. The molecule has 3 aromatic carbocycles. The van der Waals surface area contributed by atoms with Crippen LogP contribution in [0.25, 0.3) is 0 Å². The highest BCUT2D eigenvalue weighted by Gasteiger charge is 2.39. The Balaban J connectivity index is 1.05. The molecule has 8 heteroatoms. The van der Waals surface area contributed by atoms with E-state index < -0.39 is 6.04 Å². The van der Waals surface area contributed by atoms with Crippen LogP contribution in [0.2, 0.25) is 0 Å². The molecule has 3 aliphatic heterocycles. The van der Waals surface area contributed by atoms with Crippen molar-refractivity contribution in [1.29, 1.82) is 0 Å². The Labute approximate surface area is 233 Å². The summed E-state index contributed by atoms with van der Waals surface area (Å²) in [6.45, 7) is 3.09. The van der Waals surface area contributed by atoms with E-state index in [1.165, 1.54) is 5.56 Å². The van der Waals surface area contributed by atoms with Gasteiger partial charge in [0.15, 0.2) is 0 Å². The second-order valence-electron chi connectivity index (χ2n) is 10.9. The molecule has 0 spiro atoms. The highest BCUT2D eigenvalue weighted by atomic mass is 16.2. The van der Waals surface area contributed by atoms with Crippen molar-refractivity contribution in [2.75, 3.05) is 18.4 Å². The maximum Gasteiger partial charge on any atom is 0.255 e. The fourth-order valence-electron chi connectivity index (χ4n) is 6.07. The Morgan fingerprint density at radius 3 is 2.48 bits per heavy atom. The molecular weight excluding hydrogens is 504 g/mol. The van der Waals surface area contributed by atoms with Crippen LogP contribution in [0, 0.1) is 0 Å². The van der Waals surface area contributed by atoms with E-state index in [-0.39, 0.29) is 30.0 Å². The zero-order valence-electron chi connectivity index (χ0n) is 22.3. The number of likely N-dealkylation sites (tertiary alicyclic amines) is 1. The van der Waals surface area contributed by atoms with Crippen molar-refractivity contribution in [3.8, 4) is 0 Å². The molecule has 2 saturated heterocycles. The summed E-state index contributed by atoms with van der Waals surface area (Å²) in [5.74, 6) is -0.500. The fraction of sp³-hybridized carbons (Fsp3) is 0.312. The number of carbonyl (C=O) groups is 4. The molecule has 0 saturated carbocycles. The second kappa shape index (κ2) is 11.1. The van der Waals surface area contributed by atoms with Crippen molar-refractivity contribution < 1.29 is 19.2 Å². The molecule has 204 valence electrons. The number of imide groups is 1. The van der Waals surface area contributed by atoms with Gasteiger partial charge < -0.3 is 10.2 Å². The number of carbonyl (C=O) groups excluding carboxylic acids is 4. The number of amides is 4. The van der Waals surface area contributed by atoms with E-state index in [1.54, 1.807) is 4.90 Å². The summed E-state index contributed by atoms with van der Waals surface area (Å²) in [6, 6.07) is 22.8. The number of nitrogens with one attached hydrogen (secondary N) is 2. The van der Waals surface area contributed by atoms with Crippen LogP contribution < -0.4 is 10.6 Å². The summed E-state index contributed by atoms with van der Waals surface area (Å²) >= 11 is 0. The zero-order chi connectivity index (χ0) is 27.6. The quantitative estimate of drug-likeness (QED) is 0.463. The molecule has 0 aromatic heterocycles. The number of rotatable bonds is 6. The van der Waals surface area contributed by atoms with Crippen molar-refractivity contribution in [3.63, 3.8) is 0 Å². The molecule has 6 rings (SSSR count). The summed E-state index contributed by atoms with van der Waals surface area (Å²) in [4.78, 5) is 53.6. The Bertz CT molecular complexity index is 1460. The minimum absolute atomic E-state index is 0.113. The molecule has 0 aliphatic carbocycles. The van der Waals surface area contributed by atoms with Crippen LogP contribution >= 0.6 is 0 Å². The first-order valence-corrected chi connectivity index (χ1v) is 13.9. The average Bonchev–Trinajstić information content (AvgIpc) is 3.29. The van der Waals surface area contributed by atoms with Gasteiger partial charge in [0.05, 0.1) is 0 Å². The number of anilines is 1. The largest absolute Gasteiger partial charge is 0.322 e. The van der Waals surface area contributed by atoms with E-state index in [0.29, 0.717) is 30.0 Å². The molecule has 3 aromatic rings. The van der Waals surface area contributed by atoms with Gasteiger partial charge in [0.2, 0.25) is 11.8 Å². The van der Waals surface area contributed by atoms with Crippen LogP contribution in [-0.2, 0) is 22.7 Å². The normalized spacial score (nSPS) is 19.9. The topological polar surface area (TPSA) is 98.8 Å². The van der Waals surface area contributed by atoms with Crippen LogP contribution in [0.3, 0.4) is 0 Å². The molecule has 0 radical (unpaired) electrons. The minimum Gasteiger partial charge on any atom is -0.322 e. The summed E-state index contributed by atoms with van der Waals surface area (Å²) < 4.78 is 0. The molecule has 1 atom stereocenters. The van der Waals surface area contributed by atoms with Crippen LogP contribution in [0.4, 0.5) is 5.69 Å². The standard InChI is InChI=1S/C32H32N4O4/c37-29-12-11-28(31(39)34-29)36-20-25-18-23(9-10-27(25)32(36)40)22-13-15-35(16-14-22)19-21-5-4-6-24(17-21)30(38)33-26-7-2-1-3-8-26/h1-10,17-18,22,28H,11-16,19-20H2,(H,33,38)(H,34,37,39). The average molecular weight is 537 g/mol. The first-order chi connectivity index (χ1) is 19.4. The van der Waals surface area contributed by atoms with Crippen LogP contribution in [0.15, 0.2) is 72.8 Å². The summed E-state index contributed by atoms with van der Waals surface area (Å²) in [5, 5.41) is 5.31. The molecule has 8 nitrogen and oxygen atoms in total.